The van der Waals surface area contributed by atoms with Crippen LogP contribution in [0.15, 0.2) is 18.2 Å². The number of halogens is 2. The van der Waals surface area contributed by atoms with E-state index in [9.17, 15) is 9.18 Å². The number of benzene rings is 1. The highest BCUT2D eigenvalue weighted by Crippen LogP contribution is 2.47. The zero-order valence-corrected chi connectivity index (χ0v) is 10.5. The smallest absolute Gasteiger partial charge is 0.251 e. The van der Waals surface area contributed by atoms with Crippen LogP contribution in [-0.4, -0.2) is 25.5 Å². The van der Waals surface area contributed by atoms with Gasteiger partial charge in [-0.1, -0.05) is 11.6 Å². The van der Waals surface area contributed by atoms with Crippen LogP contribution in [0.25, 0.3) is 0 Å². The average molecular weight is 269 g/mol. The third-order valence-corrected chi connectivity index (χ3v) is 4.24. The topological polar surface area (TPSA) is 41.1 Å². The first-order valence-electron chi connectivity index (χ1n) is 6.11. The summed E-state index contributed by atoms with van der Waals surface area (Å²) < 4.78 is 13.0. The Balaban J connectivity index is 1.56. The third-order valence-electron chi connectivity index (χ3n) is 3.95. The zero-order chi connectivity index (χ0) is 12.7. The van der Waals surface area contributed by atoms with Gasteiger partial charge in [-0.05, 0) is 49.0 Å². The third kappa shape index (κ3) is 2.10. The molecular formula is C13H14ClFN2O. The van der Waals surface area contributed by atoms with Gasteiger partial charge < -0.3 is 10.6 Å². The first-order chi connectivity index (χ1) is 8.66. The Kier molecular flexibility index (Phi) is 2.99. The molecule has 0 spiro atoms. The van der Waals surface area contributed by atoms with Gasteiger partial charge in [0.1, 0.15) is 5.82 Å². The van der Waals surface area contributed by atoms with Crippen molar-refractivity contribution in [1.82, 2.24) is 10.6 Å². The van der Waals surface area contributed by atoms with E-state index in [1.54, 1.807) is 0 Å². The van der Waals surface area contributed by atoms with Crippen LogP contribution in [0.4, 0.5) is 4.39 Å². The van der Waals surface area contributed by atoms with Gasteiger partial charge in [-0.15, -0.1) is 0 Å². The molecule has 3 rings (SSSR count). The van der Waals surface area contributed by atoms with Crippen LogP contribution in [-0.2, 0) is 0 Å². The van der Waals surface area contributed by atoms with Crippen LogP contribution in [0.3, 0.4) is 0 Å². The quantitative estimate of drug-likeness (QED) is 0.876. The van der Waals surface area contributed by atoms with Crippen LogP contribution < -0.4 is 10.6 Å². The van der Waals surface area contributed by atoms with Crippen LogP contribution in [0.5, 0.6) is 0 Å². The number of fused-ring (bicyclic) bond motifs is 1. The molecule has 2 N–H and O–H groups in total. The molecule has 3 nitrogen and oxygen atoms in total. The maximum atomic E-state index is 13.0. The van der Waals surface area contributed by atoms with E-state index in [1.165, 1.54) is 18.2 Å². The number of carbonyl (C=O) groups is 1. The van der Waals surface area contributed by atoms with E-state index in [1.807, 2.05) is 0 Å². The molecule has 5 heteroatoms. The van der Waals surface area contributed by atoms with Gasteiger partial charge in [-0.2, -0.15) is 0 Å². The molecule has 1 aromatic rings. The number of rotatable bonds is 3. The Morgan fingerprint density at radius 2 is 2.17 bits per heavy atom. The van der Waals surface area contributed by atoms with Crippen molar-refractivity contribution in [3.63, 3.8) is 0 Å². The summed E-state index contributed by atoms with van der Waals surface area (Å²) in [5.74, 6) is 1.36. The lowest BCUT2D eigenvalue weighted by atomic mass is 10.2. The SMILES string of the molecule is O=C(NCC1C2CNCC21)c1ccc(F)c(Cl)c1. The van der Waals surface area contributed by atoms with E-state index in [2.05, 4.69) is 10.6 Å². The average Bonchev–Trinajstić information content (AvgIpc) is 2.80. The molecule has 18 heavy (non-hydrogen) atoms. The number of hydrogen-bond donors (Lipinski definition) is 2. The largest absolute Gasteiger partial charge is 0.352 e. The molecule has 0 bridgehead atoms. The van der Waals surface area contributed by atoms with Gasteiger partial charge in [0, 0.05) is 12.1 Å². The molecule has 0 radical (unpaired) electrons. The highest BCUT2D eigenvalue weighted by atomic mass is 35.5. The van der Waals surface area contributed by atoms with Crippen molar-refractivity contribution in [2.75, 3.05) is 19.6 Å². The van der Waals surface area contributed by atoms with Gasteiger partial charge in [-0.25, -0.2) is 4.39 Å². The Morgan fingerprint density at radius 1 is 1.44 bits per heavy atom. The van der Waals surface area contributed by atoms with Crippen molar-refractivity contribution < 1.29 is 9.18 Å². The van der Waals surface area contributed by atoms with Gasteiger partial charge in [0.25, 0.3) is 5.91 Å². The minimum absolute atomic E-state index is 0.0184. The molecule has 1 amide bonds. The minimum Gasteiger partial charge on any atom is -0.352 e. The fourth-order valence-corrected chi connectivity index (χ4v) is 2.98. The number of hydrogen-bond acceptors (Lipinski definition) is 2. The van der Waals surface area contributed by atoms with Crippen LogP contribution in [0.2, 0.25) is 5.02 Å². The summed E-state index contributed by atoms with van der Waals surface area (Å²) >= 11 is 5.65. The van der Waals surface area contributed by atoms with Gasteiger partial charge in [0.2, 0.25) is 0 Å². The Morgan fingerprint density at radius 3 is 2.83 bits per heavy atom. The number of carbonyl (C=O) groups excluding carboxylic acids is 1. The number of nitrogens with one attached hydrogen (secondary N) is 2. The standard InChI is InChI=1S/C13H14ClFN2O/c14-11-3-7(1-2-12(11)15)13(18)17-6-10-8-4-16-5-9(8)10/h1-3,8-10,16H,4-6H2,(H,17,18). The maximum Gasteiger partial charge on any atom is 0.251 e. The van der Waals surface area contributed by atoms with Gasteiger partial charge in [0.15, 0.2) is 0 Å². The summed E-state index contributed by atoms with van der Waals surface area (Å²) in [6.45, 7) is 2.83. The fourth-order valence-electron chi connectivity index (χ4n) is 2.80. The maximum absolute atomic E-state index is 13.0. The molecule has 96 valence electrons. The first kappa shape index (κ1) is 11.9. The Bertz CT molecular complexity index is 484. The molecule has 2 fully saturated rings. The molecule has 1 heterocycles. The van der Waals surface area contributed by atoms with Gasteiger partial charge in [-0.3, -0.25) is 4.79 Å². The van der Waals surface area contributed by atoms with Crippen molar-refractivity contribution in [1.29, 1.82) is 0 Å². The van der Waals surface area contributed by atoms with Crippen LogP contribution in [0, 0.1) is 23.6 Å². The van der Waals surface area contributed by atoms with E-state index < -0.39 is 5.82 Å². The van der Waals surface area contributed by atoms with E-state index in [0.29, 0.717) is 18.0 Å². The lowest BCUT2D eigenvalue weighted by Crippen LogP contribution is -2.28. The van der Waals surface area contributed by atoms with Crippen molar-refractivity contribution in [2.24, 2.45) is 17.8 Å². The predicted octanol–water partition coefficient (Wildman–Crippen LogP) is 1.67. The first-order valence-corrected chi connectivity index (χ1v) is 6.48. The minimum atomic E-state index is -0.504. The molecule has 0 aromatic heterocycles. The van der Waals surface area contributed by atoms with Crippen LogP contribution in [0.1, 0.15) is 10.4 Å². The Labute approximate surface area is 110 Å². The molecule has 2 atom stereocenters. The van der Waals surface area contributed by atoms with Gasteiger partial charge in [0.05, 0.1) is 5.02 Å². The molecule has 1 aliphatic heterocycles. The highest BCUT2D eigenvalue weighted by molar-refractivity contribution is 6.31. The molecule has 1 saturated heterocycles. The molecule has 1 saturated carbocycles. The molecule has 2 unspecified atom stereocenters. The number of amides is 1. The highest BCUT2D eigenvalue weighted by Gasteiger charge is 2.52. The van der Waals surface area contributed by atoms with Crippen molar-refractivity contribution in [3.8, 4) is 0 Å². The summed E-state index contributed by atoms with van der Waals surface area (Å²) in [7, 11) is 0. The Hall–Kier alpha value is -1.13. The molecular weight excluding hydrogens is 255 g/mol. The fraction of sp³-hybridized carbons (Fsp3) is 0.462. The van der Waals surface area contributed by atoms with E-state index >= 15 is 0 Å². The molecule has 1 aromatic carbocycles. The van der Waals surface area contributed by atoms with Gasteiger partial charge >= 0.3 is 0 Å². The van der Waals surface area contributed by atoms with Crippen molar-refractivity contribution >= 4 is 17.5 Å². The van der Waals surface area contributed by atoms with E-state index in [-0.39, 0.29) is 10.9 Å². The summed E-state index contributed by atoms with van der Waals surface area (Å²) in [6, 6.07) is 4.03. The lowest BCUT2D eigenvalue weighted by molar-refractivity contribution is 0.0950. The summed E-state index contributed by atoms with van der Waals surface area (Å²) in [5.41, 5.74) is 0.408. The van der Waals surface area contributed by atoms with E-state index in [4.69, 9.17) is 11.6 Å². The molecule has 2 aliphatic rings. The second-order valence-electron chi connectivity index (χ2n) is 4.99. The molecule has 1 aliphatic carbocycles. The second kappa shape index (κ2) is 4.52. The second-order valence-corrected chi connectivity index (χ2v) is 5.40. The van der Waals surface area contributed by atoms with Crippen molar-refractivity contribution in [2.45, 2.75) is 0 Å². The number of piperidine rings is 1. The zero-order valence-electron chi connectivity index (χ0n) is 9.75. The van der Waals surface area contributed by atoms with Crippen LogP contribution >= 0.6 is 11.6 Å². The normalized spacial score (nSPS) is 28.9. The monoisotopic (exact) mass is 268 g/mol. The summed E-state index contributed by atoms with van der Waals surface area (Å²) in [6.07, 6.45) is 0. The lowest BCUT2D eigenvalue weighted by Gasteiger charge is -2.07. The predicted molar refractivity (Wildman–Crippen MR) is 67.1 cm³/mol. The van der Waals surface area contributed by atoms with E-state index in [0.717, 1.165) is 24.9 Å². The van der Waals surface area contributed by atoms with Crippen molar-refractivity contribution in [3.05, 3.63) is 34.6 Å². The summed E-state index contributed by atoms with van der Waals surface area (Å²) in [4.78, 5) is 11.9. The summed E-state index contributed by atoms with van der Waals surface area (Å²) in [5, 5.41) is 6.18.